The van der Waals surface area contributed by atoms with Crippen molar-refractivity contribution in [1.82, 2.24) is 15.1 Å². The predicted molar refractivity (Wildman–Crippen MR) is 104 cm³/mol. The number of benzene rings is 2. The molecule has 2 aliphatic heterocycles. The van der Waals surface area contributed by atoms with Crippen LogP contribution in [0.3, 0.4) is 0 Å². The maximum atomic E-state index is 12.5. The van der Waals surface area contributed by atoms with Crippen molar-refractivity contribution in [3.8, 4) is 0 Å². The van der Waals surface area contributed by atoms with Crippen molar-refractivity contribution in [2.75, 3.05) is 39.8 Å². The number of amides is 3. The molecule has 0 radical (unpaired) electrons. The highest BCUT2D eigenvalue weighted by Crippen LogP contribution is 2.29. The van der Waals surface area contributed by atoms with E-state index in [2.05, 4.69) is 35.6 Å². The average molecular weight is 367 g/mol. The summed E-state index contributed by atoms with van der Waals surface area (Å²) in [5.74, 6) is -0.00128. The minimum absolute atomic E-state index is 0.00128. The van der Waals surface area contributed by atoms with Gasteiger partial charge in [0.05, 0.1) is 13.1 Å². The molecule has 1 spiro atoms. The smallest absolute Gasteiger partial charge is 0.317 e. The van der Waals surface area contributed by atoms with Crippen molar-refractivity contribution in [2.45, 2.75) is 18.4 Å². The fourth-order valence-electron chi connectivity index (χ4n) is 4.08. The van der Waals surface area contributed by atoms with Crippen molar-refractivity contribution < 1.29 is 14.3 Å². The first-order chi connectivity index (χ1) is 13.1. The molecule has 27 heavy (non-hydrogen) atoms. The van der Waals surface area contributed by atoms with E-state index in [9.17, 15) is 9.59 Å². The van der Waals surface area contributed by atoms with Crippen molar-refractivity contribution >= 4 is 22.7 Å². The van der Waals surface area contributed by atoms with Crippen LogP contribution in [0, 0.1) is 0 Å². The highest BCUT2D eigenvalue weighted by Gasteiger charge is 2.45. The first kappa shape index (κ1) is 17.8. The van der Waals surface area contributed by atoms with E-state index in [1.807, 2.05) is 12.1 Å². The molecular weight excluding hydrogens is 342 g/mol. The van der Waals surface area contributed by atoms with Gasteiger partial charge in [0.1, 0.15) is 12.2 Å². The molecule has 0 aromatic heterocycles. The number of morpholine rings is 1. The summed E-state index contributed by atoms with van der Waals surface area (Å²) < 4.78 is 5.80. The number of nitrogens with zero attached hydrogens (tertiary/aromatic N) is 2. The molecule has 2 saturated heterocycles. The lowest BCUT2D eigenvalue weighted by Gasteiger charge is -2.38. The molecule has 4 rings (SSSR count). The number of carbonyl (C=O) groups excluding carboxylic acids is 2. The van der Waals surface area contributed by atoms with E-state index in [0.29, 0.717) is 26.2 Å². The summed E-state index contributed by atoms with van der Waals surface area (Å²) in [5, 5.41) is 5.48. The number of carbonyl (C=O) groups is 2. The van der Waals surface area contributed by atoms with Crippen molar-refractivity contribution in [3.05, 3.63) is 48.0 Å². The van der Waals surface area contributed by atoms with Crippen LogP contribution in [-0.4, -0.2) is 67.2 Å². The van der Waals surface area contributed by atoms with Gasteiger partial charge in [-0.05, 0) is 29.2 Å². The minimum Gasteiger partial charge on any atom is -0.361 e. The molecule has 2 aliphatic rings. The molecule has 1 atom stereocenters. The van der Waals surface area contributed by atoms with E-state index >= 15 is 0 Å². The Hall–Kier alpha value is -2.60. The van der Waals surface area contributed by atoms with Gasteiger partial charge < -0.3 is 19.9 Å². The quantitative estimate of drug-likeness (QED) is 0.903. The number of nitrogens with one attached hydrogen (secondary N) is 1. The van der Waals surface area contributed by atoms with E-state index in [0.717, 1.165) is 12.8 Å². The normalized spacial score (nSPS) is 22.6. The fraction of sp³-hybridized carbons (Fsp3) is 0.429. The molecule has 0 bridgehead atoms. The van der Waals surface area contributed by atoms with Crippen molar-refractivity contribution in [2.24, 2.45) is 0 Å². The Kier molecular flexibility index (Phi) is 4.74. The monoisotopic (exact) mass is 367 g/mol. The van der Waals surface area contributed by atoms with Gasteiger partial charge >= 0.3 is 6.03 Å². The third-order valence-electron chi connectivity index (χ3n) is 5.61. The lowest BCUT2D eigenvalue weighted by Crippen LogP contribution is -2.55. The van der Waals surface area contributed by atoms with Crippen LogP contribution in [0.15, 0.2) is 42.5 Å². The Balaban J connectivity index is 1.32. The summed E-state index contributed by atoms with van der Waals surface area (Å²) in [6.45, 7) is 2.43. The van der Waals surface area contributed by atoms with Crippen LogP contribution in [0.25, 0.3) is 10.8 Å². The number of rotatable bonds is 3. The van der Waals surface area contributed by atoms with E-state index < -0.39 is 5.60 Å². The van der Waals surface area contributed by atoms with Gasteiger partial charge in [-0.25, -0.2) is 4.79 Å². The summed E-state index contributed by atoms with van der Waals surface area (Å²) in [7, 11) is 1.79. The maximum Gasteiger partial charge on any atom is 0.317 e. The molecule has 3 amide bonds. The average Bonchev–Trinajstić information content (AvgIpc) is 3.09. The summed E-state index contributed by atoms with van der Waals surface area (Å²) in [6.07, 6.45) is 1.56. The molecule has 2 heterocycles. The van der Waals surface area contributed by atoms with Crippen LogP contribution >= 0.6 is 0 Å². The summed E-state index contributed by atoms with van der Waals surface area (Å²) in [6, 6.07) is 14.5. The van der Waals surface area contributed by atoms with E-state index in [1.165, 1.54) is 16.3 Å². The van der Waals surface area contributed by atoms with Crippen LogP contribution in [0.1, 0.15) is 12.0 Å². The Labute approximate surface area is 159 Å². The number of hydrogen-bond acceptors (Lipinski definition) is 3. The first-order valence-electron chi connectivity index (χ1n) is 9.44. The molecule has 2 fully saturated rings. The predicted octanol–water partition coefficient (Wildman–Crippen LogP) is 2.02. The molecule has 1 N–H and O–H groups in total. The Morgan fingerprint density at radius 1 is 1.19 bits per heavy atom. The second kappa shape index (κ2) is 7.19. The lowest BCUT2D eigenvalue weighted by molar-refractivity contribution is -0.158. The highest BCUT2D eigenvalue weighted by molar-refractivity contribution is 5.85. The largest absolute Gasteiger partial charge is 0.361 e. The van der Waals surface area contributed by atoms with E-state index in [4.69, 9.17) is 4.74 Å². The van der Waals surface area contributed by atoms with Gasteiger partial charge in [0, 0.05) is 20.1 Å². The SMILES string of the molecule is CN1C[C@]2(CCN(C(=O)NCCc3cccc4ccccc34)C2)OCC1=O. The number of urea groups is 1. The van der Waals surface area contributed by atoms with Gasteiger partial charge in [-0.1, -0.05) is 42.5 Å². The number of likely N-dealkylation sites (N-methyl/N-ethyl adjacent to an activating group) is 1. The Morgan fingerprint density at radius 2 is 2.00 bits per heavy atom. The number of likely N-dealkylation sites (tertiary alicyclic amines) is 1. The molecule has 142 valence electrons. The maximum absolute atomic E-state index is 12.5. The molecule has 6 nitrogen and oxygen atoms in total. The lowest BCUT2D eigenvalue weighted by atomic mass is 10.0. The van der Waals surface area contributed by atoms with E-state index in [-0.39, 0.29) is 18.5 Å². The van der Waals surface area contributed by atoms with Crippen LogP contribution in [0.2, 0.25) is 0 Å². The molecule has 6 heteroatoms. The third kappa shape index (κ3) is 3.62. The van der Waals surface area contributed by atoms with Crippen LogP contribution in [0.5, 0.6) is 0 Å². The van der Waals surface area contributed by atoms with E-state index in [1.54, 1.807) is 16.8 Å². The van der Waals surface area contributed by atoms with Gasteiger partial charge in [-0.3, -0.25) is 4.79 Å². The zero-order valence-corrected chi connectivity index (χ0v) is 15.6. The third-order valence-corrected chi connectivity index (χ3v) is 5.61. The summed E-state index contributed by atoms with van der Waals surface area (Å²) >= 11 is 0. The molecule has 0 unspecified atom stereocenters. The highest BCUT2D eigenvalue weighted by atomic mass is 16.5. The number of ether oxygens (including phenoxy) is 1. The molecule has 2 aromatic rings. The minimum atomic E-state index is -0.407. The topological polar surface area (TPSA) is 61.9 Å². The summed E-state index contributed by atoms with van der Waals surface area (Å²) in [4.78, 5) is 27.7. The Morgan fingerprint density at radius 3 is 2.85 bits per heavy atom. The molecule has 2 aromatic carbocycles. The zero-order chi connectivity index (χ0) is 18.9. The standard InChI is InChI=1S/C21H25N3O3/c1-23-14-21(27-13-19(23)25)10-12-24(15-21)20(26)22-11-9-17-7-4-6-16-5-2-3-8-18(16)17/h2-8H,9-15H2,1H3,(H,22,26)/t21-/m0/s1. The second-order valence-electron chi connectivity index (χ2n) is 7.51. The fourth-order valence-corrected chi connectivity index (χ4v) is 4.08. The summed E-state index contributed by atoms with van der Waals surface area (Å²) in [5.41, 5.74) is 0.831. The number of fused-ring (bicyclic) bond motifs is 1. The van der Waals surface area contributed by atoms with Crippen molar-refractivity contribution in [1.29, 1.82) is 0 Å². The van der Waals surface area contributed by atoms with Crippen molar-refractivity contribution in [3.63, 3.8) is 0 Å². The van der Waals surface area contributed by atoms with Gasteiger partial charge in [0.2, 0.25) is 5.91 Å². The van der Waals surface area contributed by atoms with Gasteiger partial charge in [-0.15, -0.1) is 0 Å². The van der Waals surface area contributed by atoms with Crippen LogP contribution in [-0.2, 0) is 16.0 Å². The molecule has 0 saturated carbocycles. The molecular formula is C21H25N3O3. The van der Waals surface area contributed by atoms with Gasteiger partial charge in [-0.2, -0.15) is 0 Å². The second-order valence-corrected chi connectivity index (χ2v) is 7.51. The van der Waals surface area contributed by atoms with Gasteiger partial charge in [0.15, 0.2) is 0 Å². The molecule has 0 aliphatic carbocycles. The number of hydrogen-bond donors (Lipinski definition) is 1. The van der Waals surface area contributed by atoms with Gasteiger partial charge in [0.25, 0.3) is 0 Å². The Bertz CT molecular complexity index is 863. The first-order valence-corrected chi connectivity index (χ1v) is 9.44. The van der Waals surface area contributed by atoms with Crippen LogP contribution < -0.4 is 5.32 Å². The van der Waals surface area contributed by atoms with Crippen LogP contribution in [0.4, 0.5) is 4.79 Å². The zero-order valence-electron chi connectivity index (χ0n) is 15.6.